The van der Waals surface area contributed by atoms with Gasteiger partial charge in [-0.25, -0.2) is 4.39 Å². The zero-order valence-electron chi connectivity index (χ0n) is 16.2. The van der Waals surface area contributed by atoms with Gasteiger partial charge in [-0.3, -0.25) is 19.4 Å². The van der Waals surface area contributed by atoms with E-state index < -0.39 is 0 Å². The maximum atomic E-state index is 13.0. The van der Waals surface area contributed by atoms with Crippen molar-refractivity contribution in [1.29, 1.82) is 0 Å². The molecule has 5 nitrogen and oxygen atoms in total. The number of carbonyl (C=O) groups excluding carboxylic acids is 2. The van der Waals surface area contributed by atoms with Crippen LogP contribution in [0.5, 0.6) is 0 Å². The van der Waals surface area contributed by atoms with Crippen molar-refractivity contribution in [2.45, 2.75) is 25.4 Å². The molecule has 2 aliphatic rings. The molecule has 0 radical (unpaired) electrons. The number of halogens is 1. The van der Waals surface area contributed by atoms with E-state index in [1.807, 2.05) is 18.2 Å². The van der Waals surface area contributed by atoms with E-state index in [9.17, 15) is 14.0 Å². The van der Waals surface area contributed by atoms with E-state index in [1.165, 1.54) is 17.0 Å². The number of nitrogens with zero attached hydrogens (tertiary/aromatic N) is 2. The first-order valence-electron chi connectivity index (χ1n) is 9.87. The maximum Gasteiger partial charge on any atom is 0.259 e. The summed E-state index contributed by atoms with van der Waals surface area (Å²) in [5, 5.41) is 3.06. The van der Waals surface area contributed by atoms with E-state index in [4.69, 9.17) is 0 Å². The molecule has 0 unspecified atom stereocenters. The van der Waals surface area contributed by atoms with Gasteiger partial charge in [-0.15, -0.1) is 0 Å². The summed E-state index contributed by atoms with van der Waals surface area (Å²) in [7, 11) is 0. The van der Waals surface area contributed by atoms with Crippen LogP contribution in [0.15, 0.2) is 55.1 Å². The first kappa shape index (κ1) is 19.3. The number of amides is 2. The van der Waals surface area contributed by atoms with Gasteiger partial charge in [-0.05, 0) is 36.6 Å². The Bertz CT molecular complexity index is 898. The number of benzene rings is 2. The molecule has 0 saturated carbocycles. The molecule has 2 aromatic rings. The molecule has 0 aromatic heterocycles. The second-order valence-corrected chi connectivity index (χ2v) is 7.63. The highest BCUT2D eigenvalue weighted by Gasteiger charge is 2.32. The summed E-state index contributed by atoms with van der Waals surface area (Å²) in [5.74, 6) is -0.559. The fourth-order valence-electron chi connectivity index (χ4n) is 4.00. The third-order valence-corrected chi connectivity index (χ3v) is 5.61. The Morgan fingerprint density at radius 3 is 2.38 bits per heavy atom. The monoisotopic (exact) mass is 393 g/mol. The van der Waals surface area contributed by atoms with Gasteiger partial charge in [0.05, 0.1) is 0 Å². The lowest BCUT2D eigenvalue weighted by Crippen LogP contribution is -2.47. The predicted molar refractivity (Wildman–Crippen MR) is 109 cm³/mol. The Hall–Kier alpha value is -2.99. The molecule has 1 N–H and O–H groups in total. The third-order valence-electron chi connectivity index (χ3n) is 5.61. The van der Waals surface area contributed by atoms with Crippen molar-refractivity contribution in [3.63, 3.8) is 0 Å². The molecule has 2 heterocycles. The van der Waals surface area contributed by atoms with Crippen LogP contribution in [-0.4, -0.2) is 47.3 Å². The molecular weight excluding hydrogens is 369 g/mol. The van der Waals surface area contributed by atoms with E-state index in [0.717, 1.165) is 43.6 Å². The van der Waals surface area contributed by atoms with Crippen molar-refractivity contribution < 1.29 is 14.0 Å². The van der Waals surface area contributed by atoms with E-state index in [-0.39, 0.29) is 30.2 Å². The zero-order valence-corrected chi connectivity index (χ0v) is 16.2. The first-order chi connectivity index (χ1) is 14.0. The minimum Gasteiger partial charge on any atom is -0.352 e. The Balaban J connectivity index is 1.26. The van der Waals surface area contributed by atoms with E-state index in [1.54, 1.807) is 18.2 Å². The number of hydrogen-bond donors (Lipinski definition) is 1. The van der Waals surface area contributed by atoms with E-state index in [2.05, 4.69) is 16.8 Å². The number of nitrogens with one attached hydrogen (secondary N) is 1. The molecule has 0 spiro atoms. The molecule has 1 saturated heterocycles. The minimum absolute atomic E-state index is 0.0118. The van der Waals surface area contributed by atoms with Crippen LogP contribution in [0.4, 0.5) is 4.39 Å². The van der Waals surface area contributed by atoms with Crippen LogP contribution >= 0.6 is 0 Å². The number of rotatable bonds is 5. The molecule has 2 aliphatic heterocycles. The molecule has 150 valence electrons. The van der Waals surface area contributed by atoms with Gasteiger partial charge in [-0.1, -0.05) is 36.9 Å². The molecule has 0 aliphatic carbocycles. The van der Waals surface area contributed by atoms with Gasteiger partial charge in [0.1, 0.15) is 12.4 Å². The highest BCUT2D eigenvalue weighted by molar-refractivity contribution is 6.10. The Kier molecular flexibility index (Phi) is 5.45. The summed E-state index contributed by atoms with van der Waals surface area (Å²) in [6.07, 6.45) is 1.70. The van der Waals surface area contributed by atoms with Crippen molar-refractivity contribution in [3.05, 3.63) is 77.6 Å². The van der Waals surface area contributed by atoms with E-state index in [0.29, 0.717) is 11.3 Å². The van der Waals surface area contributed by atoms with Gasteiger partial charge in [0.15, 0.2) is 0 Å². The average Bonchev–Trinajstić information content (AvgIpc) is 2.96. The average molecular weight is 393 g/mol. The molecule has 6 heteroatoms. The van der Waals surface area contributed by atoms with Crippen LogP contribution in [0, 0.1) is 5.82 Å². The molecule has 0 atom stereocenters. The second-order valence-electron chi connectivity index (χ2n) is 7.63. The van der Waals surface area contributed by atoms with Gasteiger partial charge in [0, 0.05) is 42.5 Å². The van der Waals surface area contributed by atoms with Gasteiger partial charge >= 0.3 is 0 Å². The topological polar surface area (TPSA) is 52.7 Å². The van der Waals surface area contributed by atoms with Crippen LogP contribution in [0.25, 0.3) is 5.70 Å². The maximum absolute atomic E-state index is 13.0. The molecule has 2 aromatic carbocycles. The minimum atomic E-state index is -0.225. The predicted octanol–water partition coefficient (Wildman–Crippen LogP) is 3.03. The fraction of sp³-hybridized carbons (Fsp3) is 0.304. The van der Waals surface area contributed by atoms with Crippen LogP contribution in [0.1, 0.15) is 34.3 Å². The summed E-state index contributed by atoms with van der Waals surface area (Å²) < 4.78 is 13.0. The quantitative estimate of drug-likeness (QED) is 0.850. The van der Waals surface area contributed by atoms with Gasteiger partial charge < -0.3 is 5.32 Å². The normalized spacial score (nSPS) is 17.5. The van der Waals surface area contributed by atoms with Crippen molar-refractivity contribution in [2.75, 3.05) is 19.6 Å². The van der Waals surface area contributed by atoms with Crippen LogP contribution < -0.4 is 5.32 Å². The molecule has 1 fully saturated rings. The number of hydrogen-bond acceptors (Lipinski definition) is 3. The Morgan fingerprint density at radius 1 is 1.07 bits per heavy atom. The zero-order chi connectivity index (χ0) is 20.4. The number of carbonyl (C=O) groups is 2. The number of piperidine rings is 1. The van der Waals surface area contributed by atoms with Crippen LogP contribution in [-0.2, 0) is 11.3 Å². The fourth-order valence-corrected chi connectivity index (χ4v) is 4.00. The van der Waals surface area contributed by atoms with E-state index >= 15 is 0 Å². The number of fused-ring (bicyclic) bond motifs is 1. The van der Waals surface area contributed by atoms with Crippen molar-refractivity contribution >= 4 is 17.5 Å². The summed E-state index contributed by atoms with van der Waals surface area (Å²) in [6.45, 7) is 6.47. The van der Waals surface area contributed by atoms with Crippen molar-refractivity contribution in [1.82, 2.24) is 15.1 Å². The Labute approximate surface area is 169 Å². The molecule has 4 rings (SSSR count). The SMILES string of the molecule is C=C1c2ccccc2C(=O)N1CC(=O)NC1CCN(Cc2ccc(F)cc2)CC1. The van der Waals surface area contributed by atoms with Gasteiger partial charge in [-0.2, -0.15) is 0 Å². The lowest BCUT2D eigenvalue weighted by molar-refractivity contribution is -0.122. The summed E-state index contributed by atoms with van der Waals surface area (Å²) >= 11 is 0. The largest absolute Gasteiger partial charge is 0.352 e. The summed E-state index contributed by atoms with van der Waals surface area (Å²) in [4.78, 5) is 28.8. The van der Waals surface area contributed by atoms with Crippen molar-refractivity contribution in [2.24, 2.45) is 0 Å². The highest BCUT2D eigenvalue weighted by Crippen LogP contribution is 2.30. The lowest BCUT2D eigenvalue weighted by atomic mass is 10.0. The van der Waals surface area contributed by atoms with Crippen LogP contribution in [0.3, 0.4) is 0 Å². The third kappa shape index (κ3) is 4.22. The summed E-state index contributed by atoms with van der Waals surface area (Å²) in [5.41, 5.74) is 3.05. The van der Waals surface area contributed by atoms with Gasteiger partial charge in [0.25, 0.3) is 5.91 Å². The lowest BCUT2D eigenvalue weighted by Gasteiger charge is -2.32. The van der Waals surface area contributed by atoms with Gasteiger partial charge in [0.2, 0.25) is 5.91 Å². The number of likely N-dealkylation sites (tertiary alicyclic amines) is 1. The smallest absolute Gasteiger partial charge is 0.259 e. The first-order valence-corrected chi connectivity index (χ1v) is 9.87. The second kappa shape index (κ2) is 8.17. The summed E-state index contributed by atoms with van der Waals surface area (Å²) in [6, 6.07) is 14.0. The van der Waals surface area contributed by atoms with Crippen molar-refractivity contribution in [3.8, 4) is 0 Å². The molecule has 2 amide bonds. The molecule has 29 heavy (non-hydrogen) atoms. The molecule has 0 bridgehead atoms. The Morgan fingerprint density at radius 2 is 1.72 bits per heavy atom. The van der Waals surface area contributed by atoms with Crippen LogP contribution in [0.2, 0.25) is 0 Å². The highest BCUT2D eigenvalue weighted by atomic mass is 19.1. The standard InChI is InChI=1S/C23H24FN3O2/c1-16-20-4-2-3-5-21(20)23(29)27(16)15-22(28)25-19-10-12-26(13-11-19)14-17-6-8-18(24)9-7-17/h2-9,19H,1,10-15H2,(H,25,28). The molecular formula is C23H24FN3O2.